The van der Waals surface area contributed by atoms with Crippen molar-refractivity contribution >= 4 is 51.7 Å². The molecule has 158 valence electrons. The van der Waals surface area contributed by atoms with Gasteiger partial charge in [0.15, 0.2) is 0 Å². The van der Waals surface area contributed by atoms with Gasteiger partial charge in [0.05, 0.1) is 23.7 Å². The summed E-state index contributed by atoms with van der Waals surface area (Å²) in [5.74, 6) is 0.187. The van der Waals surface area contributed by atoms with E-state index in [0.29, 0.717) is 32.8 Å². The molecule has 0 bridgehead atoms. The van der Waals surface area contributed by atoms with Crippen molar-refractivity contribution in [2.24, 2.45) is 0 Å². The monoisotopic (exact) mass is 445 g/mol. The standard InChI is InChI=1S/C20H23N5O3S2/c1-13-4-2-7-25-17(13)22-16(21-5-3-6-24-8-10-28-11-9-24)14(19(25)27)12-15-18(26)23-20(29)30-15/h2,4,7,12,21H,3,5-6,8-11H2,1H3,(H,23,26,29). The van der Waals surface area contributed by atoms with Gasteiger partial charge in [-0.15, -0.1) is 0 Å². The largest absolute Gasteiger partial charge is 0.379 e. The summed E-state index contributed by atoms with van der Waals surface area (Å²) in [6.45, 7) is 6.96. The summed E-state index contributed by atoms with van der Waals surface area (Å²) in [6.07, 6.45) is 4.17. The summed E-state index contributed by atoms with van der Waals surface area (Å²) in [6, 6.07) is 3.73. The average Bonchev–Trinajstić information content (AvgIpc) is 3.06. The van der Waals surface area contributed by atoms with Crippen molar-refractivity contribution < 1.29 is 9.53 Å². The molecule has 0 atom stereocenters. The minimum atomic E-state index is -0.294. The first-order valence-electron chi connectivity index (χ1n) is 9.84. The molecular weight excluding hydrogens is 422 g/mol. The highest BCUT2D eigenvalue weighted by Crippen LogP contribution is 2.27. The van der Waals surface area contributed by atoms with Crippen LogP contribution in [0, 0.1) is 6.92 Å². The lowest BCUT2D eigenvalue weighted by Gasteiger charge is -2.26. The van der Waals surface area contributed by atoms with Crippen LogP contribution in [0.15, 0.2) is 28.0 Å². The molecule has 0 aliphatic carbocycles. The van der Waals surface area contributed by atoms with Crippen LogP contribution < -0.4 is 16.2 Å². The van der Waals surface area contributed by atoms with Crippen molar-refractivity contribution in [2.45, 2.75) is 13.3 Å². The Morgan fingerprint density at radius 2 is 2.17 bits per heavy atom. The Morgan fingerprint density at radius 3 is 2.90 bits per heavy atom. The summed E-state index contributed by atoms with van der Waals surface area (Å²) >= 11 is 6.21. The second kappa shape index (κ2) is 9.25. The van der Waals surface area contributed by atoms with Crippen LogP contribution in [-0.4, -0.2) is 63.9 Å². The molecule has 2 aromatic heterocycles. The second-order valence-corrected chi connectivity index (χ2v) is 8.87. The van der Waals surface area contributed by atoms with Gasteiger partial charge in [0.1, 0.15) is 15.8 Å². The first-order valence-corrected chi connectivity index (χ1v) is 11.1. The topological polar surface area (TPSA) is 88.0 Å². The van der Waals surface area contributed by atoms with Crippen LogP contribution in [0.2, 0.25) is 0 Å². The number of aromatic nitrogens is 2. The molecule has 0 radical (unpaired) electrons. The Kier molecular flexibility index (Phi) is 6.47. The van der Waals surface area contributed by atoms with Crippen molar-refractivity contribution in [1.29, 1.82) is 0 Å². The smallest absolute Gasteiger partial charge is 0.267 e. The summed E-state index contributed by atoms with van der Waals surface area (Å²) < 4.78 is 7.28. The van der Waals surface area contributed by atoms with Gasteiger partial charge < -0.3 is 15.4 Å². The highest BCUT2D eigenvalue weighted by molar-refractivity contribution is 8.26. The molecule has 0 saturated carbocycles. The maximum absolute atomic E-state index is 13.2. The zero-order chi connectivity index (χ0) is 21.1. The third-order valence-electron chi connectivity index (χ3n) is 5.05. The minimum absolute atomic E-state index is 0.224. The van der Waals surface area contributed by atoms with E-state index < -0.39 is 0 Å². The van der Waals surface area contributed by atoms with Crippen molar-refractivity contribution in [1.82, 2.24) is 19.6 Å². The summed E-state index contributed by atoms with van der Waals surface area (Å²) in [5, 5.41) is 5.90. The fraction of sp³-hybridized carbons (Fsp3) is 0.400. The number of morpholine rings is 1. The Hall–Kier alpha value is -2.27. The molecular formula is C20H23N5O3S2. The number of nitrogens with one attached hydrogen (secondary N) is 2. The van der Waals surface area contributed by atoms with E-state index in [0.717, 1.165) is 56.6 Å². The summed E-state index contributed by atoms with van der Waals surface area (Å²) in [5.41, 5.74) is 1.63. The highest BCUT2D eigenvalue weighted by Gasteiger charge is 2.24. The second-order valence-electron chi connectivity index (χ2n) is 7.15. The number of ether oxygens (including phenoxy) is 1. The molecule has 2 aliphatic heterocycles. The van der Waals surface area contributed by atoms with E-state index in [1.165, 1.54) is 4.40 Å². The molecule has 2 aromatic rings. The predicted octanol–water partition coefficient (Wildman–Crippen LogP) is 1.63. The molecule has 0 spiro atoms. The predicted molar refractivity (Wildman–Crippen MR) is 123 cm³/mol. The maximum atomic E-state index is 13.2. The zero-order valence-electron chi connectivity index (χ0n) is 16.6. The number of thiocarbonyl (C=S) groups is 1. The van der Waals surface area contributed by atoms with Crippen molar-refractivity contribution in [3.63, 3.8) is 0 Å². The first-order chi connectivity index (χ1) is 14.5. The van der Waals surface area contributed by atoms with Crippen molar-refractivity contribution in [2.75, 3.05) is 44.7 Å². The molecule has 30 heavy (non-hydrogen) atoms. The number of pyridine rings is 1. The molecule has 8 nitrogen and oxygen atoms in total. The van der Waals surface area contributed by atoms with Gasteiger partial charge in [-0.2, -0.15) is 0 Å². The van der Waals surface area contributed by atoms with Crippen molar-refractivity contribution in [3.8, 4) is 0 Å². The van der Waals surface area contributed by atoms with Crippen molar-refractivity contribution in [3.05, 3.63) is 44.7 Å². The zero-order valence-corrected chi connectivity index (χ0v) is 18.3. The maximum Gasteiger partial charge on any atom is 0.267 e. The molecule has 1 amide bonds. The van der Waals surface area contributed by atoms with E-state index in [4.69, 9.17) is 21.9 Å². The van der Waals surface area contributed by atoms with Gasteiger partial charge in [0.25, 0.3) is 11.5 Å². The quantitative estimate of drug-likeness (QED) is 0.394. The lowest BCUT2D eigenvalue weighted by atomic mass is 10.2. The Morgan fingerprint density at radius 1 is 1.37 bits per heavy atom. The molecule has 4 rings (SSSR count). The molecule has 2 N–H and O–H groups in total. The number of fused-ring (bicyclic) bond motifs is 1. The normalized spacial score (nSPS) is 18.9. The number of nitrogens with zero attached hydrogens (tertiary/aromatic N) is 3. The van der Waals surface area contributed by atoms with E-state index in [-0.39, 0.29) is 11.5 Å². The highest BCUT2D eigenvalue weighted by atomic mass is 32.2. The van der Waals surface area contributed by atoms with Gasteiger partial charge in [0, 0.05) is 25.8 Å². The number of carbonyl (C=O) groups is 1. The Labute approximate surface area is 183 Å². The van der Waals surface area contributed by atoms with Crippen LogP contribution in [0.25, 0.3) is 11.7 Å². The average molecular weight is 446 g/mol. The molecule has 2 fully saturated rings. The summed E-state index contributed by atoms with van der Waals surface area (Å²) in [7, 11) is 0. The molecule has 0 unspecified atom stereocenters. The number of hydrogen-bond donors (Lipinski definition) is 2. The lowest BCUT2D eigenvalue weighted by Crippen LogP contribution is -2.37. The lowest BCUT2D eigenvalue weighted by molar-refractivity contribution is -0.115. The van der Waals surface area contributed by atoms with E-state index >= 15 is 0 Å². The third-order valence-corrected chi connectivity index (χ3v) is 6.21. The van der Waals surface area contributed by atoms with Gasteiger partial charge in [-0.1, -0.05) is 30.0 Å². The van der Waals surface area contributed by atoms with Gasteiger partial charge in [-0.3, -0.25) is 18.9 Å². The number of anilines is 1. The van der Waals surface area contributed by atoms with Crippen LogP contribution in [0.3, 0.4) is 0 Å². The number of amides is 1. The third kappa shape index (κ3) is 4.56. The van der Waals surface area contributed by atoms with Gasteiger partial charge in [-0.05, 0) is 37.6 Å². The SMILES string of the molecule is Cc1cccn2c(=O)c(C=C3SC(=S)NC3=O)c(NCCCN3CCOCC3)nc12. The van der Waals surface area contributed by atoms with Crippen LogP contribution in [0.5, 0.6) is 0 Å². The number of carbonyl (C=O) groups excluding carboxylic acids is 1. The van der Waals surface area contributed by atoms with Crippen LogP contribution in [0.4, 0.5) is 5.82 Å². The first kappa shape index (κ1) is 21.0. The number of aryl methyl sites for hydroxylation is 1. The van der Waals surface area contributed by atoms with Gasteiger partial charge >= 0.3 is 0 Å². The number of hydrogen-bond acceptors (Lipinski definition) is 8. The van der Waals surface area contributed by atoms with Crippen LogP contribution in [-0.2, 0) is 9.53 Å². The molecule has 4 heterocycles. The Bertz CT molecular complexity index is 1080. The fourth-order valence-corrected chi connectivity index (χ4v) is 4.49. The molecule has 10 heteroatoms. The van der Waals surface area contributed by atoms with Crippen LogP contribution in [0.1, 0.15) is 17.5 Å². The molecule has 2 aliphatic rings. The van der Waals surface area contributed by atoms with Gasteiger partial charge in [0.2, 0.25) is 0 Å². The van der Waals surface area contributed by atoms with E-state index in [1.54, 1.807) is 12.3 Å². The van der Waals surface area contributed by atoms with Crippen LogP contribution >= 0.6 is 24.0 Å². The van der Waals surface area contributed by atoms with E-state index in [9.17, 15) is 9.59 Å². The van der Waals surface area contributed by atoms with E-state index in [2.05, 4.69) is 15.5 Å². The summed E-state index contributed by atoms with van der Waals surface area (Å²) in [4.78, 5) is 32.8. The van der Waals surface area contributed by atoms with Gasteiger partial charge in [-0.25, -0.2) is 4.98 Å². The Balaban J connectivity index is 1.61. The fourth-order valence-electron chi connectivity index (χ4n) is 3.46. The minimum Gasteiger partial charge on any atom is -0.379 e. The number of rotatable bonds is 6. The van der Waals surface area contributed by atoms with E-state index in [1.807, 2.05) is 19.1 Å². The molecule has 0 aromatic carbocycles. The number of thioether (sulfide) groups is 1. The molecule has 2 saturated heterocycles.